The highest BCUT2D eigenvalue weighted by atomic mass is 19.1. The molecule has 1 atom stereocenters. The smallest absolute Gasteiger partial charge is 0.256 e. The van der Waals surface area contributed by atoms with Gasteiger partial charge in [-0.25, -0.2) is 4.39 Å². The van der Waals surface area contributed by atoms with Gasteiger partial charge in [-0.3, -0.25) is 14.4 Å². The molecule has 1 aromatic carbocycles. The maximum atomic E-state index is 13.7. The number of aromatic amines is 1. The number of aryl methyl sites for hydroxylation is 1. The van der Waals surface area contributed by atoms with Crippen molar-refractivity contribution in [3.8, 4) is 0 Å². The zero-order chi connectivity index (χ0) is 23.0. The average Bonchev–Trinajstić information content (AvgIpc) is 3.46. The number of fused-ring (bicyclic) bond motifs is 1. The minimum atomic E-state index is -1.30. The number of likely N-dealkylation sites (tertiary alicyclic amines) is 1. The molecule has 9 heteroatoms. The van der Waals surface area contributed by atoms with Crippen LogP contribution in [0.4, 0.5) is 10.1 Å². The van der Waals surface area contributed by atoms with Crippen molar-refractivity contribution in [2.24, 2.45) is 0 Å². The van der Waals surface area contributed by atoms with Crippen molar-refractivity contribution in [3.05, 3.63) is 52.1 Å². The molecule has 1 fully saturated rings. The van der Waals surface area contributed by atoms with Gasteiger partial charge >= 0.3 is 0 Å². The van der Waals surface area contributed by atoms with E-state index in [9.17, 15) is 23.9 Å². The molecule has 168 valence electrons. The second-order valence-electron chi connectivity index (χ2n) is 8.12. The summed E-state index contributed by atoms with van der Waals surface area (Å²) in [5, 5.41) is 15.5. The Morgan fingerprint density at radius 1 is 1.28 bits per heavy atom. The molecule has 0 spiro atoms. The Hall–Kier alpha value is -3.46. The fourth-order valence-corrected chi connectivity index (χ4v) is 4.22. The van der Waals surface area contributed by atoms with E-state index >= 15 is 0 Å². The second kappa shape index (κ2) is 8.58. The van der Waals surface area contributed by atoms with E-state index in [0.717, 1.165) is 12.8 Å². The van der Waals surface area contributed by atoms with Crippen LogP contribution in [0.2, 0.25) is 0 Å². The first-order chi connectivity index (χ1) is 15.3. The Balaban J connectivity index is 1.52. The minimum Gasteiger partial charge on any atom is -0.381 e. The van der Waals surface area contributed by atoms with Crippen LogP contribution in [0.5, 0.6) is 0 Å². The monoisotopic (exact) mass is 440 g/mol. The zero-order valence-corrected chi connectivity index (χ0v) is 17.9. The van der Waals surface area contributed by atoms with Crippen LogP contribution < -0.4 is 10.6 Å². The minimum absolute atomic E-state index is 0.191. The first kappa shape index (κ1) is 21.8. The molecule has 0 saturated carbocycles. The average molecular weight is 440 g/mol. The Morgan fingerprint density at radius 3 is 2.72 bits per heavy atom. The van der Waals surface area contributed by atoms with Crippen molar-refractivity contribution < 1.29 is 23.9 Å². The van der Waals surface area contributed by atoms with Crippen molar-refractivity contribution >= 4 is 35.1 Å². The van der Waals surface area contributed by atoms with Crippen LogP contribution in [0.25, 0.3) is 11.6 Å². The number of halogens is 1. The lowest BCUT2D eigenvalue weighted by molar-refractivity contribution is -0.138. The number of anilines is 1. The standard InChI is InChI=1S/C23H25FN4O4/c1-12-18(10-16-15-9-14(24)5-6-17(15)27-21(16)30)26-13(2)20(12)22(31)25-11-19(29)23(32)28-7-3-4-8-28/h5-6,9-10,19,26,29H,3-4,7-8,11H2,1-2H3,(H,25,31)(H,27,30)/b16-10-. The molecular formula is C23H25FN4O4. The van der Waals surface area contributed by atoms with Crippen LogP contribution in [0.3, 0.4) is 0 Å². The number of aliphatic hydroxyl groups is 1. The van der Waals surface area contributed by atoms with Crippen LogP contribution in [-0.2, 0) is 9.59 Å². The van der Waals surface area contributed by atoms with Crippen LogP contribution in [-0.4, -0.2) is 58.5 Å². The molecule has 8 nitrogen and oxygen atoms in total. The van der Waals surface area contributed by atoms with E-state index in [1.165, 1.54) is 18.2 Å². The first-order valence-electron chi connectivity index (χ1n) is 10.5. The molecule has 2 aliphatic rings. The molecule has 4 rings (SSSR count). The Labute approximate surface area is 184 Å². The van der Waals surface area contributed by atoms with Crippen molar-refractivity contribution in [3.63, 3.8) is 0 Å². The van der Waals surface area contributed by atoms with Gasteiger partial charge in [0, 0.05) is 35.7 Å². The SMILES string of the molecule is Cc1[nH]c(/C=C2\C(=O)Nc3ccc(F)cc32)c(C)c1C(=O)NCC(O)C(=O)N1CCCC1. The first-order valence-corrected chi connectivity index (χ1v) is 10.5. The Bertz CT molecular complexity index is 1130. The number of benzene rings is 1. The lowest BCUT2D eigenvalue weighted by Crippen LogP contribution is -2.44. The number of aromatic nitrogens is 1. The van der Waals surface area contributed by atoms with Crippen LogP contribution in [0, 0.1) is 19.7 Å². The number of nitrogens with zero attached hydrogens (tertiary/aromatic N) is 1. The van der Waals surface area contributed by atoms with Gasteiger partial charge in [-0.2, -0.15) is 0 Å². The molecular weight excluding hydrogens is 415 g/mol. The number of H-pyrrole nitrogens is 1. The van der Waals surface area contributed by atoms with Gasteiger partial charge in [0.05, 0.1) is 17.7 Å². The summed E-state index contributed by atoms with van der Waals surface area (Å²) in [5.74, 6) is -1.62. The van der Waals surface area contributed by atoms with Crippen molar-refractivity contribution in [2.45, 2.75) is 32.8 Å². The highest BCUT2D eigenvalue weighted by molar-refractivity contribution is 6.34. The molecule has 1 unspecified atom stereocenters. The quantitative estimate of drug-likeness (QED) is 0.532. The van der Waals surface area contributed by atoms with Crippen LogP contribution >= 0.6 is 0 Å². The number of amides is 3. The highest BCUT2D eigenvalue weighted by Gasteiger charge is 2.28. The number of rotatable bonds is 5. The van der Waals surface area contributed by atoms with Gasteiger partial charge < -0.3 is 25.6 Å². The Morgan fingerprint density at radius 2 is 2.00 bits per heavy atom. The largest absolute Gasteiger partial charge is 0.381 e. The second-order valence-corrected chi connectivity index (χ2v) is 8.12. The Kier molecular flexibility index (Phi) is 5.84. The molecule has 1 aromatic heterocycles. The summed E-state index contributed by atoms with van der Waals surface area (Å²) in [6.07, 6.45) is 2.12. The molecule has 2 aliphatic heterocycles. The zero-order valence-electron chi connectivity index (χ0n) is 17.9. The molecule has 0 bridgehead atoms. The van der Waals surface area contributed by atoms with E-state index in [0.29, 0.717) is 52.4 Å². The van der Waals surface area contributed by atoms with E-state index in [1.54, 1.807) is 24.8 Å². The summed E-state index contributed by atoms with van der Waals surface area (Å²) in [5.41, 5.74) is 3.37. The van der Waals surface area contributed by atoms with Crippen molar-refractivity contribution in [1.29, 1.82) is 0 Å². The molecule has 1 saturated heterocycles. The summed E-state index contributed by atoms with van der Waals surface area (Å²) >= 11 is 0. The van der Waals surface area contributed by atoms with Gasteiger partial charge in [0.15, 0.2) is 0 Å². The van der Waals surface area contributed by atoms with Crippen molar-refractivity contribution in [1.82, 2.24) is 15.2 Å². The van der Waals surface area contributed by atoms with Gasteiger partial charge in [-0.1, -0.05) is 0 Å². The molecule has 0 aliphatic carbocycles. The topological polar surface area (TPSA) is 115 Å². The van der Waals surface area contributed by atoms with Gasteiger partial charge in [0.2, 0.25) is 0 Å². The maximum Gasteiger partial charge on any atom is 0.256 e. The summed E-state index contributed by atoms with van der Waals surface area (Å²) < 4.78 is 13.7. The van der Waals surface area contributed by atoms with Crippen LogP contribution in [0.15, 0.2) is 18.2 Å². The summed E-state index contributed by atoms with van der Waals surface area (Å²) in [4.78, 5) is 42.1. The molecule has 2 aromatic rings. The van der Waals surface area contributed by atoms with E-state index in [2.05, 4.69) is 15.6 Å². The lowest BCUT2D eigenvalue weighted by Gasteiger charge is -2.19. The van der Waals surface area contributed by atoms with Gasteiger partial charge in [-0.05, 0) is 56.5 Å². The predicted molar refractivity (Wildman–Crippen MR) is 117 cm³/mol. The van der Waals surface area contributed by atoms with Gasteiger partial charge in [0.25, 0.3) is 17.7 Å². The molecule has 32 heavy (non-hydrogen) atoms. The number of aliphatic hydroxyl groups excluding tert-OH is 1. The fourth-order valence-electron chi connectivity index (χ4n) is 4.22. The molecule has 4 N–H and O–H groups in total. The lowest BCUT2D eigenvalue weighted by atomic mass is 10.0. The number of carbonyl (C=O) groups is 3. The van der Waals surface area contributed by atoms with E-state index < -0.39 is 17.8 Å². The molecule has 3 heterocycles. The maximum absolute atomic E-state index is 13.7. The molecule has 3 amide bonds. The predicted octanol–water partition coefficient (Wildman–Crippen LogP) is 1.98. The third-order valence-electron chi connectivity index (χ3n) is 5.92. The normalized spacial score (nSPS) is 17.4. The van der Waals surface area contributed by atoms with E-state index in [4.69, 9.17) is 0 Å². The van der Waals surface area contributed by atoms with Gasteiger partial charge in [0.1, 0.15) is 11.9 Å². The summed E-state index contributed by atoms with van der Waals surface area (Å²) in [6, 6.07) is 4.07. The molecule has 0 radical (unpaired) electrons. The number of carbonyl (C=O) groups excluding carboxylic acids is 3. The van der Waals surface area contributed by atoms with E-state index in [-0.39, 0.29) is 18.4 Å². The van der Waals surface area contributed by atoms with E-state index in [1.807, 2.05) is 0 Å². The van der Waals surface area contributed by atoms with Gasteiger partial charge in [-0.15, -0.1) is 0 Å². The summed E-state index contributed by atoms with van der Waals surface area (Å²) in [7, 11) is 0. The van der Waals surface area contributed by atoms with Crippen LogP contribution in [0.1, 0.15) is 45.7 Å². The number of hydrogen-bond donors (Lipinski definition) is 4. The third-order valence-corrected chi connectivity index (χ3v) is 5.92. The summed E-state index contributed by atoms with van der Waals surface area (Å²) in [6.45, 7) is 4.51. The number of nitrogens with one attached hydrogen (secondary N) is 3. The highest BCUT2D eigenvalue weighted by Crippen LogP contribution is 2.34. The fraction of sp³-hybridized carbons (Fsp3) is 0.348. The third kappa shape index (κ3) is 4.03. The number of hydrogen-bond acceptors (Lipinski definition) is 4. The van der Waals surface area contributed by atoms with Crippen molar-refractivity contribution in [2.75, 3.05) is 25.0 Å².